The average Bonchev–Trinajstić information content (AvgIpc) is 3.39. The van der Waals surface area contributed by atoms with Gasteiger partial charge in [0.05, 0.1) is 26.7 Å². The van der Waals surface area contributed by atoms with E-state index in [0.717, 1.165) is 23.6 Å². The number of benzene rings is 1. The number of hydrogen-bond donors (Lipinski definition) is 3. The molecule has 3 heterocycles. The zero-order valence-electron chi connectivity index (χ0n) is 34.5. The number of nitrogens with zero attached hydrogens (tertiary/aromatic N) is 2. The van der Waals surface area contributed by atoms with Crippen molar-refractivity contribution in [3.63, 3.8) is 0 Å². The van der Waals surface area contributed by atoms with Crippen molar-refractivity contribution in [3.05, 3.63) is 50.9 Å². The van der Waals surface area contributed by atoms with Gasteiger partial charge in [-0.15, -0.1) is 0 Å². The quantitative estimate of drug-likeness (QED) is 0.144. The molecule has 2 aliphatic heterocycles. The fraction of sp³-hybridized carbons (Fsp3) is 0.585. The minimum atomic E-state index is -2.11. The molecule has 0 saturated carbocycles. The van der Waals surface area contributed by atoms with Crippen molar-refractivity contribution in [2.75, 3.05) is 18.5 Å². The van der Waals surface area contributed by atoms with Gasteiger partial charge in [0.15, 0.2) is 0 Å². The maximum atomic E-state index is 13.5. The highest BCUT2D eigenvalue weighted by Gasteiger charge is 2.52. The molecule has 0 fully saturated rings. The van der Waals surface area contributed by atoms with Crippen LogP contribution in [0.1, 0.15) is 105 Å². The largest absolute Gasteiger partial charge is 0.505 e. The maximum absolute atomic E-state index is 13.5. The van der Waals surface area contributed by atoms with Crippen LogP contribution >= 0.6 is 0 Å². The summed E-state index contributed by atoms with van der Waals surface area (Å²) >= 11 is 0. The highest BCUT2D eigenvalue weighted by molar-refractivity contribution is 6.90. The minimum Gasteiger partial charge on any atom is -0.505 e. The minimum absolute atomic E-state index is 0.0625. The molecule has 0 radical (unpaired) electrons. The Hall–Kier alpha value is -4.59. The van der Waals surface area contributed by atoms with Crippen molar-refractivity contribution in [1.82, 2.24) is 14.9 Å². The molecular formula is C41H58N4O9Si. The number of amides is 2. The van der Waals surface area contributed by atoms with E-state index >= 15 is 0 Å². The molecule has 3 aliphatic rings. The van der Waals surface area contributed by atoms with Crippen LogP contribution in [0.5, 0.6) is 0 Å². The lowest BCUT2D eigenvalue weighted by atomic mass is 9.79. The van der Waals surface area contributed by atoms with Crippen molar-refractivity contribution in [1.29, 1.82) is 0 Å². The number of imidazole rings is 1. The third kappa shape index (κ3) is 9.28. The summed E-state index contributed by atoms with van der Waals surface area (Å²) in [5.74, 6) is -1.52. The van der Waals surface area contributed by atoms with Crippen molar-refractivity contribution in [2.24, 2.45) is 5.41 Å². The number of aromatic nitrogens is 2. The fourth-order valence-corrected chi connectivity index (χ4v) is 10.5. The molecule has 55 heavy (non-hydrogen) atoms. The van der Waals surface area contributed by atoms with Gasteiger partial charge in [-0.3, -0.25) is 10.1 Å². The fourth-order valence-electron chi connectivity index (χ4n) is 7.24. The van der Waals surface area contributed by atoms with Crippen molar-refractivity contribution < 1.29 is 43.2 Å². The number of cyclic esters (lactones) is 1. The maximum Gasteiger partial charge on any atom is 0.412 e. The van der Waals surface area contributed by atoms with Crippen LogP contribution in [0.15, 0.2) is 23.3 Å². The zero-order chi connectivity index (χ0) is 40.9. The highest BCUT2D eigenvalue weighted by Crippen LogP contribution is 2.39. The van der Waals surface area contributed by atoms with E-state index in [1.807, 2.05) is 37.5 Å². The van der Waals surface area contributed by atoms with Crippen LogP contribution in [0.4, 0.5) is 15.3 Å². The van der Waals surface area contributed by atoms with E-state index < -0.39 is 49.0 Å². The SMILES string of the molecule is CCC1(OC(=O)CCNC(=O)OC(C)(C)C)C(=O)OCC2=C1Cc1nc3n(c1=C2O)Cc1c(cc(NC(=O)OC(C)(C)C)cc1[Si](C)(C)CCC(C)(C)C)C=3. The van der Waals surface area contributed by atoms with Crippen molar-refractivity contribution in [2.45, 2.75) is 137 Å². The Morgan fingerprint density at radius 2 is 1.67 bits per heavy atom. The number of esters is 2. The number of fused-ring (bicyclic) bond motifs is 4. The second kappa shape index (κ2) is 14.8. The predicted molar refractivity (Wildman–Crippen MR) is 212 cm³/mol. The third-order valence-electron chi connectivity index (χ3n) is 10.00. The first-order chi connectivity index (χ1) is 25.3. The van der Waals surface area contributed by atoms with Crippen LogP contribution in [0.2, 0.25) is 19.1 Å². The molecule has 0 spiro atoms. The molecule has 2 aromatic rings. The summed E-state index contributed by atoms with van der Waals surface area (Å²) < 4.78 is 24.3. The molecule has 1 unspecified atom stereocenters. The monoisotopic (exact) mass is 778 g/mol. The summed E-state index contributed by atoms with van der Waals surface area (Å²) in [4.78, 5) is 56.7. The van der Waals surface area contributed by atoms with E-state index in [1.165, 1.54) is 5.19 Å². The Morgan fingerprint density at radius 1 is 1.02 bits per heavy atom. The van der Waals surface area contributed by atoms with Crippen LogP contribution in [0.25, 0.3) is 11.8 Å². The van der Waals surface area contributed by atoms with Gasteiger partial charge < -0.3 is 33.9 Å². The Balaban J connectivity index is 1.52. The summed E-state index contributed by atoms with van der Waals surface area (Å²) in [7, 11) is -2.11. The average molecular weight is 779 g/mol. The molecule has 0 saturated heterocycles. The number of hydrogen-bond acceptors (Lipinski definition) is 10. The number of ether oxygens (including phenoxy) is 4. The van der Waals surface area contributed by atoms with Crippen molar-refractivity contribution in [3.8, 4) is 0 Å². The van der Waals surface area contributed by atoms with Crippen LogP contribution < -0.4 is 26.6 Å². The second-order valence-electron chi connectivity index (χ2n) is 18.6. The predicted octanol–water partition coefficient (Wildman–Crippen LogP) is 5.45. The second-order valence-corrected chi connectivity index (χ2v) is 23.4. The number of rotatable bonds is 9. The Morgan fingerprint density at radius 3 is 2.29 bits per heavy atom. The summed E-state index contributed by atoms with van der Waals surface area (Å²) in [6.07, 6.45) is 1.79. The van der Waals surface area contributed by atoms with Gasteiger partial charge in [0.2, 0.25) is 5.60 Å². The standard InChI is InChI=1S/C41H58N4O9Si/c1-13-41(52-32(46)14-16-42-36(49)53-39(5,6)7)28-21-29-33(34(47)27(28)23-51-35(41)48)45-22-26-24(19-31(45)44-29)18-25(43-37(50)54-40(8,9)10)20-30(26)55(11,12)17-15-38(2,3)4/h18-20,47H,13-17,21-23H2,1-12H3,(H,42,49)(H,43,50). The molecule has 0 bridgehead atoms. The van der Waals surface area contributed by atoms with Crippen molar-refractivity contribution >= 4 is 54.9 Å². The Labute approximate surface area is 324 Å². The highest BCUT2D eigenvalue weighted by atomic mass is 28.3. The normalized spacial score (nSPS) is 18.2. The summed E-state index contributed by atoms with van der Waals surface area (Å²) in [5, 5.41) is 19.2. The molecular weight excluding hydrogens is 721 g/mol. The lowest BCUT2D eigenvalue weighted by Gasteiger charge is -2.38. The van der Waals surface area contributed by atoms with Gasteiger partial charge in [-0.05, 0) is 82.7 Å². The van der Waals surface area contributed by atoms with Gasteiger partial charge in [-0.25, -0.2) is 19.4 Å². The van der Waals surface area contributed by atoms with Gasteiger partial charge in [0, 0.05) is 29.8 Å². The third-order valence-corrected chi connectivity index (χ3v) is 13.4. The first kappa shape index (κ1) is 41.6. The topological polar surface area (TPSA) is 167 Å². The summed E-state index contributed by atoms with van der Waals surface area (Å²) in [6.45, 7) is 24.0. The smallest absolute Gasteiger partial charge is 0.412 e. The van der Waals surface area contributed by atoms with Gasteiger partial charge in [-0.1, -0.05) is 58.4 Å². The van der Waals surface area contributed by atoms with Gasteiger partial charge in [0.1, 0.15) is 34.4 Å². The first-order valence-corrected chi connectivity index (χ1v) is 22.3. The molecule has 1 aromatic carbocycles. The van der Waals surface area contributed by atoms with Crippen LogP contribution in [0.3, 0.4) is 0 Å². The molecule has 1 atom stereocenters. The number of aliphatic hydroxyl groups excluding tert-OH is 1. The lowest BCUT2D eigenvalue weighted by molar-refractivity contribution is -0.180. The van der Waals surface area contributed by atoms with E-state index in [4.69, 9.17) is 23.9 Å². The van der Waals surface area contributed by atoms with Crippen LogP contribution in [-0.2, 0) is 41.5 Å². The Bertz CT molecular complexity index is 2060. The summed E-state index contributed by atoms with van der Waals surface area (Å²) in [6, 6.07) is 5.05. The van der Waals surface area contributed by atoms with E-state index in [-0.39, 0.29) is 43.6 Å². The Kier molecular flexibility index (Phi) is 11.2. The lowest BCUT2D eigenvalue weighted by Crippen LogP contribution is -2.52. The van der Waals surface area contributed by atoms with Gasteiger partial charge >= 0.3 is 24.1 Å². The first-order valence-electron chi connectivity index (χ1n) is 19.1. The number of carbonyl (C=O) groups excluding carboxylic acids is 4. The molecule has 5 rings (SSSR count). The number of nitrogens with one attached hydrogen (secondary N) is 2. The van der Waals surface area contributed by atoms with E-state index in [1.54, 1.807) is 27.7 Å². The number of aliphatic hydroxyl groups is 1. The number of alkyl carbamates (subject to hydrolysis) is 1. The molecule has 3 N–H and O–H groups in total. The molecule has 13 nitrogen and oxygen atoms in total. The molecule has 2 amide bonds. The van der Waals surface area contributed by atoms with Gasteiger partial charge in [-0.2, -0.15) is 0 Å². The summed E-state index contributed by atoms with van der Waals surface area (Å²) in [5.41, 5.74) is 1.63. The molecule has 14 heteroatoms. The number of carbonyl (C=O) groups is 4. The van der Waals surface area contributed by atoms with E-state index in [0.29, 0.717) is 39.9 Å². The van der Waals surface area contributed by atoms with E-state index in [9.17, 15) is 24.3 Å². The molecule has 300 valence electrons. The molecule has 1 aliphatic carbocycles. The zero-order valence-corrected chi connectivity index (χ0v) is 35.5. The van der Waals surface area contributed by atoms with Crippen LogP contribution in [-0.4, -0.2) is 76.8 Å². The van der Waals surface area contributed by atoms with Gasteiger partial charge in [0.25, 0.3) is 0 Å². The van der Waals surface area contributed by atoms with Crippen LogP contribution in [0, 0.1) is 5.41 Å². The van der Waals surface area contributed by atoms with E-state index in [2.05, 4.69) is 50.6 Å². The number of anilines is 1. The molecule has 1 aromatic heterocycles.